The van der Waals surface area contributed by atoms with Crippen LogP contribution in [0.3, 0.4) is 0 Å². The van der Waals surface area contributed by atoms with Gasteiger partial charge in [-0.1, -0.05) is 225 Å². The van der Waals surface area contributed by atoms with Crippen molar-refractivity contribution in [1.29, 1.82) is 0 Å². The minimum absolute atomic E-state index is 0. The molecule has 77 heavy (non-hydrogen) atoms. The molecule has 2 aromatic heterocycles. The van der Waals surface area contributed by atoms with Crippen LogP contribution >= 0.6 is 0 Å². The third kappa shape index (κ3) is 9.21. The van der Waals surface area contributed by atoms with Crippen molar-refractivity contribution in [2.75, 3.05) is 9.80 Å². The van der Waals surface area contributed by atoms with Crippen LogP contribution in [-0.4, -0.2) is 9.55 Å². The van der Waals surface area contributed by atoms with Gasteiger partial charge in [0.25, 0.3) is 0 Å². The first-order valence-corrected chi connectivity index (χ1v) is 25.7. The van der Waals surface area contributed by atoms with Crippen molar-refractivity contribution in [2.24, 2.45) is 0 Å². The molecule has 376 valence electrons. The third-order valence-corrected chi connectivity index (χ3v) is 14.4. The number of pyridine rings is 1. The van der Waals surface area contributed by atoms with Crippen LogP contribution in [0.25, 0.3) is 83.3 Å². The first kappa shape index (κ1) is 45.6. The third-order valence-electron chi connectivity index (χ3n) is 14.4. The quantitative estimate of drug-likeness (QED) is 0.128. The Morgan fingerprint density at radius 3 is 1.69 bits per heavy atom. The largest absolute Gasteiger partial charge is 0.509 e. The minimum Gasteiger partial charge on any atom is -0.509 e. The zero-order chi connectivity index (χ0) is 53.8. The summed E-state index contributed by atoms with van der Waals surface area (Å²) in [5.74, 6) is 1.42. The average Bonchev–Trinajstić information content (AvgIpc) is 4.09. The van der Waals surface area contributed by atoms with Crippen LogP contribution in [0, 0.1) is 25.7 Å². The van der Waals surface area contributed by atoms with E-state index in [2.05, 4.69) is 201 Å². The molecule has 6 heteroatoms. The first-order valence-electron chi connectivity index (χ1n) is 27.2. The van der Waals surface area contributed by atoms with E-state index in [1.807, 2.05) is 83.4 Å². The smallest absolute Gasteiger partial charge is 0.135 e. The van der Waals surface area contributed by atoms with Gasteiger partial charge in [0.2, 0.25) is 0 Å². The van der Waals surface area contributed by atoms with Gasteiger partial charge in [-0.2, -0.15) is 12.1 Å². The van der Waals surface area contributed by atoms with Gasteiger partial charge >= 0.3 is 0 Å². The molecular weight excluding hydrogens is 1120 g/mol. The van der Waals surface area contributed by atoms with E-state index < -0.39 is 6.85 Å². The van der Waals surface area contributed by atoms with Crippen LogP contribution in [0.4, 0.5) is 22.7 Å². The molecule has 0 radical (unpaired) electrons. The van der Waals surface area contributed by atoms with Gasteiger partial charge in [0.1, 0.15) is 5.82 Å². The van der Waals surface area contributed by atoms with Crippen LogP contribution in [0.2, 0.25) is 0 Å². The molecule has 0 fully saturated rings. The van der Waals surface area contributed by atoms with E-state index in [-0.39, 0.29) is 32.0 Å². The van der Waals surface area contributed by atoms with E-state index >= 15 is 0 Å². The van der Waals surface area contributed by atoms with Gasteiger partial charge in [-0.05, 0) is 80.9 Å². The second-order valence-corrected chi connectivity index (χ2v) is 20.3. The summed E-state index contributed by atoms with van der Waals surface area (Å²) in [5, 5.41) is 1.87. The molecule has 0 spiro atoms. The average molecular weight is 1180 g/mol. The van der Waals surface area contributed by atoms with E-state index in [0.29, 0.717) is 28.4 Å². The molecule has 0 bridgehead atoms. The number of nitrogens with zero attached hydrogens (tertiary/aromatic N) is 4. The van der Waals surface area contributed by atoms with Gasteiger partial charge in [0.05, 0.1) is 0 Å². The normalized spacial score (nSPS) is 12.9. The maximum absolute atomic E-state index is 8.76. The zero-order valence-electron chi connectivity index (χ0n) is 45.7. The van der Waals surface area contributed by atoms with Gasteiger partial charge in [0.15, 0.2) is 0 Å². The molecule has 0 N–H and O–H groups in total. The fraction of sp³-hybridized carbons (Fsp3) is 0.0704. The van der Waals surface area contributed by atoms with Crippen LogP contribution in [0.15, 0.2) is 243 Å². The Hall–Kier alpha value is -8.76. The maximum Gasteiger partial charge on any atom is 0.135 e. The predicted octanol–water partition coefficient (Wildman–Crippen LogP) is 18.9. The molecular formula is C71H53N4OPt-3. The molecule has 0 unspecified atom stereocenters. The number of aryl methyl sites for hydroxylation is 1. The Bertz CT molecular complexity index is 4220. The van der Waals surface area contributed by atoms with E-state index in [4.69, 9.17) is 13.8 Å². The van der Waals surface area contributed by atoms with Gasteiger partial charge in [-0.3, -0.25) is 0 Å². The predicted molar refractivity (Wildman–Crippen MR) is 315 cm³/mol. The second kappa shape index (κ2) is 20.4. The van der Waals surface area contributed by atoms with Crippen LogP contribution in [-0.2, 0) is 26.5 Å². The number of hydrogen-bond donors (Lipinski definition) is 0. The molecule has 13 rings (SSSR count). The molecule has 1 aliphatic rings. The second-order valence-electron chi connectivity index (χ2n) is 20.3. The Balaban J connectivity index is 0.00000637. The number of ether oxygens (including phenoxy) is 1. The van der Waals surface area contributed by atoms with Crippen molar-refractivity contribution >= 4 is 44.6 Å². The minimum atomic E-state index is -2.43. The Labute approximate surface area is 469 Å². The van der Waals surface area contributed by atoms with E-state index in [0.717, 1.165) is 89.1 Å². The number of anilines is 4. The number of rotatable bonds is 10. The summed E-state index contributed by atoms with van der Waals surface area (Å²) in [6.45, 7) is 6.47. The van der Waals surface area contributed by atoms with Crippen molar-refractivity contribution in [3.8, 4) is 73.0 Å². The molecule has 0 saturated heterocycles. The summed E-state index contributed by atoms with van der Waals surface area (Å²) < 4.78 is 35.4. The van der Waals surface area contributed by atoms with Crippen molar-refractivity contribution < 1.29 is 29.9 Å². The molecule has 1 aliphatic heterocycles. The van der Waals surface area contributed by atoms with Crippen molar-refractivity contribution in [3.63, 3.8) is 0 Å². The topological polar surface area (TPSA) is 33.5 Å². The number of benzene rings is 10. The summed E-state index contributed by atoms with van der Waals surface area (Å²) >= 11 is 0. The summed E-state index contributed by atoms with van der Waals surface area (Å²) in [6, 6.07) is 88.4. The SMILES string of the molecule is [2H]C([2H])([2H])c1cc(-n2c3[c-]c(Oc4[c-]c(N5[CH-]N(c6c(-c7ccccc7)cccc6-c6ccc(C(C)(C)C)cc6)c6ccccc65)ccc4)c(-c4ccccc4)cc3c3cc(-c4ccccc4)ccc32)ncc1-c1ccccc1.[Pt]. The van der Waals surface area contributed by atoms with Crippen molar-refractivity contribution in [1.82, 2.24) is 9.55 Å². The molecule has 3 heterocycles. The maximum atomic E-state index is 8.76. The van der Waals surface area contributed by atoms with Crippen molar-refractivity contribution in [3.05, 3.63) is 273 Å². The first-order chi connectivity index (χ1) is 38.4. The molecule has 0 atom stereocenters. The van der Waals surface area contributed by atoms with Gasteiger partial charge in [-0.15, -0.1) is 42.0 Å². The molecule has 10 aromatic carbocycles. The Morgan fingerprint density at radius 2 is 1.05 bits per heavy atom. The Kier molecular flexibility index (Phi) is 12.1. The summed E-state index contributed by atoms with van der Waals surface area (Å²) in [6.07, 6.45) is 1.68. The van der Waals surface area contributed by atoms with E-state index in [1.165, 1.54) is 5.56 Å². The number of para-hydroxylation sites is 3. The number of aromatic nitrogens is 2. The molecule has 12 aromatic rings. The monoisotopic (exact) mass is 1180 g/mol. The van der Waals surface area contributed by atoms with Crippen LogP contribution in [0.1, 0.15) is 36.0 Å². The van der Waals surface area contributed by atoms with Gasteiger partial charge in [-0.25, -0.2) is 4.98 Å². The van der Waals surface area contributed by atoms with E-state index in [1.54, 1.807) is 12.3 Å². The van der Waals surface area contributed by atoms with E-state index in [9.17, 15) is 0 Å². The number of hydrogen-bond acceptors (Lipinski definition) is 4. The fourth-order valence-corrected chi connectivity index (χ4v) is 10.6. The standard InChI is InChI=1S/C71H53N4O.Pt/c1-48-41-69(72-46-63(48)52-27-15-8-16-28-52)75-64-40-37-54(49-21-9-5-10-22-49)42-61(64)62-44-60(51-25-13-7-14-26-51)68(45-67(62)75)76-57-30-19-29-56(43-57)73-47-74(66-34-18-17-33-65(66)73)70-58(50-23-11-6-12-24-50)31-20-32-59(70)53-35-38-55(39-36-53)71(2,3)4;/h5-42,44,46-47H,1-4H3;/q-3;/i1D3;. The van der Waals surface area contributed by atoms with Crippen LogP contribution in [0.5, 0.6) is 11.5 Å². The summed E-state index contributed by atoms with van der Waals surface area (Å²) in [5.41, 5.74) is 16.6. The van der Waals surface area contributed by atoms with Crippen LogP contribution < -0.4 is 14.5 Å². The summed E-state index contributed by atoms with van der Waals surface area (Å²) in [4.78, 5) is 9.52. The van der Waals surface area contributed by atoms with Gasteiger partial charge < -0.3 is 19.1 Å². The fourth-order valence-electron chi connectivity index (χ4n) is 10.6. The summed E-state index contributed by atoms with van der Waals surface area (Å²) in [7, 11) is 0. The Morgan fingerprint density at radius 1 is 0.494 bits per heavy atom. The van der Waals surface area contributed by atoms with Crippen molar-refractivity contribution in [2.45, 2.75) is 33.0 Å². The number of fused-ring (bicyclic) bond motifs is 4. The molecule has 0 saturated carbocycles. The molecule has 5 nitrogen and oxygen atoms in total. The zero-order valence-corrected chi connectivity index (χ0v) is 45.0. The molecule has 0 amide bonds. The van der Waals surface area contributed by atoms with Gasteiger partial charge in [0, 0.05) is 82.1 Å². The molecule has 0 aliphatic carbocycles.